The number of anilines is 1. The van der Waals surface area contributed by atoms with Crippen molar-refractivity contribution >= 4 is 17.4 Å². The maximum absolute atomic E-state index is 9.22. The molecule has 0 bridgehead atoms. The summed E-state index contributed by atoms with van der Waals surface area (Å²) in [5, 5.41) is 12.6. The maximum atomic E-state index is 9.22. The van der Waals surface area contributed by atoms with Crippen LogP contribution in [0.4, 0.5) is 5.69 Å². The van der Waals surface area contributed by atoms with Gasteiger partial charge in [0, 0.05) is 10.4 Å². The number of nitrogens with zero attached hydrogens (tertiary/aromatic N) is 1. The molecule has 0 heterocycles. The van der Waals surface area contributed by atoms with E-state index in [1.165, 1.54) is 0 Å². The summed E-state index contributed by atoms with van der Waals surface area (Å²) in [7, 11) is 0. The SMILES string of the molecule is CCSc1cccc(NC(C)(C)C)c1C#N. The third-order valence-corrected chi connectivity index (χ3v) is 2.89. The molecule has 0 amide bonds. The van der Waals surface area contributed by atoms with Crippen molar-refractivity contribution in [2.45, 2.75) is 38.1 Å². The summed E-state index contributed by atoms with van der Waals surface area (Å²) >= 11 is 1.70. The van der Waals surface area contributed by atoms with E-state index >= 15 is 0 Å². The predicted molar refractivity (Wildman–Crippen MR) is 70.9 cm³/mol. The molecule has 3 heteroatoms. The average Bonchev–Trinajstić information content (AvgIpc) is 2.16. The van der Waals surface area contributed by atoms with E-state index in [1.54, 1.807) is 11.8 Å². The van der Waals surface area contributed by atoms with Gasteiger partial charge in [0.1, 0.15) is 6.07 Å². The van der Waals surface area contributed by atoms with E-state index in [0.717, 1.165) is 21.9 Å². The van der Waals surface area contributed by atoms with Crippen molar-refractivity contribution in [1.29, 1.82) is 5.26 Å². The molecule has 1 N–H and O–H groups in total. The van der Waals surface area contributed by atoms with Crippen molar-refractivity contribution in [2.75, 3.05) is 11.1 Å². The van der Waals surface area contributed by atoms with Crippen molar-refractivity contribution < 1.29 is 0 Å². The van der Waals surface area contributed by atoms with Gasteiger partial charge in [-0.05, 0) is 38.7 Å². The first kappa shape index (κ1) is 12.9. The van der Waals surface area contributed by atoms with Crippen molar-refractivity contribution in [2.24, 2.45) is 0 Å². The topological polar surface area (TPSA) is 35.8 Å². The minimum absolute atomic E-state index is 0.0267. The zero-order valence-electron chi connectivity index (χ0n) is 10.3. The molecule has 0 aliphatic heterocycles. The van der Waals surface area contributed by atoms with Crippen molar-refractivity contribution in [3.63, 3.8) is 0 Å². The Kier molecular flexibility index (Phi) is 4.26. The zero-order valence-corrected chi connectivity index (χ0v) is 11.1. The van der Waals surface area contributed by atoms with Gasteiger partial charge in [0.05, 0.1) is 11.3 Å². The summed E-state index contributed by atoms with van der Waals surface area (Å²) in [6, 6.07) is 8.24. The molecule has 1 rings (SSSR count). The fourth-order valence-corrected chi connectivity index (χ4v) is 2.22. The lowest BCUT2D eigenvalue weighted by atomic mass is 10.1. The molecule has 0 saturated heterocycles. The van der Waals surface area contributed by atoms with Crippen LogP contribution < -0.4 is 5.32 Å². The highest BCUT2D eigenvalue weighted by molar-refractivity contribution is 7.99. The Morgan fingerprint density at radius 2 is 2.06 bits per heavy atom. The Bertz CT molecular complexity index is 399. The summed E-state index contributed by atoms with van der Waals surface area (Å²) in [5.74, 6) is 0.980. The fraction of sp³-hybridized carbons (Fsp3) is 0.462. The monoisotopic (exact) mass is 234 g/mol. The summed E-state index contributed by atoms with van der Waals surface area (Å²) < 4.78 is 0. The van der Waals surface area contributed by atoms with Gasteiger partial charge in [-0.15, -0.1) is 11.8 Å². The lowest BCUT2D eigenvalue weighted by molar-refractivity contribution is 0.633. The highest BCUT2D eigenvalue weighted by Gasteiger charge is 2.14. The van der Waals surface area contributed by atoms with Gasteiger partial charge in [0.25, 0.3) is 0 Å². The number of rotatable bonds is 3. The van der Waals surface area contributed by atoms with E-state index < -0.39 is 0 Å². The molecular formula is C13H18N2S. The van der Waals surface area contributed by atoms with E-state index in [2.05, 4.69) is 39.1 Å². The Labute approximate surface area is 102 Å². The number of hydrogen-bond acceptors (Lipinski definition) is 3. The largest absolute Gasteiger partial charge is 0.379 e. The van der Waals surface area contributed by atoms with Crippen LogP contribution in [0.15, 0.2) is 23.1 Å². The lowest BCUT2D eigenvalue weighted by Gasteiger charge is -2.23. The van der Waals surface area contributed by atoms with Crippen LogP contribution in [0.2, 0.25) is 0 Å². The second-order valence-corrected chi connectivity index (χ2v) is 5.90. The molecule has 0 fully saturated rings. The van der Waals surface area contributed by atoms with E-state index in [4.69, 9.17) is 0 Å². The minimum Gasteiger partial charge on any atom is -0.379 e. The van der Waals surface area contributed by atoms with Crippen LogP contribution in [0.25, 0.3) is 0 Å². The van der Waals surface area contributed by atoms with Crippen molar-refractivity contribution in [3.8, 4) is 6.07 Å². The molecule has 0 atom stereocenters. The van der Waals surface area contributed by atoms with Gasteiger partial charge < -0.3 is 5.32 Å². The first-order valence-corrected chi connectivity index (χ1v) is 6.40. The fourth-order valence-electron chi connectivity index (χ4n) is 1.43. The minimum atomic E-state index is -0.0267. The average molecular weight is 234 g/mol. The normalized spacial score (nSPS) is 10.9. The molecule has 16 heavy (non-hydrogen) atoms. The van der Waals surface area contributed by atoms with Gasteiger partial charge in [-0.25, -0.2) is 0 Å². The molecule has 0 aromatic heterocycles. The van der Waals surface area contributed by atoms with Crippen LogP contribution in [0.3, 0.4) is 0 Å². The summed E-state index contributed by atoms with van der Waals surface area (Å²) in [6.45, 7) is 8.37. The maximum Gasteiger partial charge on any atom is 0.102 e. The van der Waals surface area contributed by atoms with Crippen LogP contribution in [-0.4, -0.2) is 11.3 Å². The van der Waals surface area contributed by atoms with Gasteiger partial charge >= 0.3 is 0 Å². The van der Waals surface area contributed by atoms with Crippen molar-refractivity contribution in [1.82, 2.24) is 0 Å². The van der Waals surface area contributed by atoms with Crippen molar-refractivity contribution in [3.05, 3.63) is 23.8 Å². The van der Waals surface area contributed by atoms with Crippen LogP contribution in [0.5, 0.6) is 0 Å². The van der Waals surface area contributed by atoms with Crippen LogP contribution in [-0.2, 0) is 0 Å². The summed E-state index contributed by atoms with van der Waals surface area (Å²) in [4.78, 5) is 1.05. The van der Waals surface area contributed by atoms with Crippen LogP contribution in [0.1, 0.15) is 33.3 Å². The van der Waals surface area contributed by atoms with E-state index in [1.807, 2.05) is 18.2 Å². The Hall–Kier alpha value is -1.14. The standard InChI is InChI=1S/C13H18N2S/c1-5-16-12-8-6-7-11(10(12)9-14)15-13(2,3)4/h6-8,15H,5H2,1-4H3. The Morgan fingerprint density at radius 1 is 1.38 bits per heavy atom. The first-order chi connectivity index (χ1) is 7.48. The second kappa shape index (κ2) is 5.27. The van der Waals surface area contributed by atoms with Gasteiger partial charge in [0.15, 0.2) is 0 Å². The highest BCUT2D eigenvalue weighted by Crippen LogP contribution is 2.29. The molecule has 86 valence electrons. The van der Waals surface area contributed by atoms with E-state index in [0.29, 0.717) is 0 Å². The molecule has 1 aromatic carbocycles. The highest BCUT2D eigenvalue weighted by atomic mass is 32.2. The first-order valence-electron chi connectivity index (χ1n) is 5.42. The summed E-state index contributed by atoms with van der Waals surface area (Å²) in [5.41, 5.74) is 1.65. The zero-order chi connectivity index (χ0) is 12.2. The predicted octanol–water partition coefficient (Wildman–Crippen LogP) is 3.88. The molecule has 0 aliphatic rings. The molecule has 0 saturated carbocycles. The number of nitriles is 1. The number of nitrogens with one attached hydrogen (secondary N) is 1. The number of hydrogen-bond donors (Lipinski definition) is 1. The van der Waals surface area contributed by atoms with E-state index in [-0.39, 0.29) is 5.54 Å². The van der Waals surface area contributed by atoms with E-state index in [9.17, 15) is 5.26 Å². The smallest absolute Gasteiger partial charge is 0.102 e. The van der Waals surface area contributed by atoms with Gasteiger partial charge in [-0.1, -0.05) is 13.0 Å². The second-order valence-electron chi connectivity index (χ2n) is 4.60. The quantitative estimate of drug-likeness (QED) is 0.806. The molecule has 0 unspecified atom stereocenters. The molecule has 0 radical (unpaired) electrons. The van der Waals surface area contributed by atoms with Gasteiger partial charge in [0.2, 0.25) is 0 Å². The Balaban J connectivity index is 3.10. The third kappa shape index (κ3) is 3.46. The van der Waals surface area contributed by atoms with Gasteiger partial charge in [-0.3, -0.25) is 0 Å². The molecule has 2 nitrogen and oxygen atoms in total. The number of thioether (sulfide) groups is 1. The Morgan fingerprint density at radius 3 is 2.56 bits per heavy atom. The van der Waals surface area contributed by atoms with Crippen LogP contribution >= 0.6 is 11.8 Å². The molecule has 0 aliphatic carbocycles. The van der Waals surface area contributed by atoms with Gasteiger partial charge in [-0.2, -0.15) is 5.26 Å². The molecule has 1 aromatic rings. The lowest BCUT2D eigenvalue weighted by Crippen LogP contribution is -2.26. The summed E-state index contributed by atoms with van der Waals surface area (Å²) in [6.07, 6.45) is 0. The van der Waals surface area contributed by atoms with Crippen LogP contribution in [0, 0.1) is 11.3 Å². The molecule has 0 spiro atoms. The third-order valence-electron chi connectivity index (χ3n) is 1.95. The molecular weight excluding hydrogens is 216 g/mol. The number of benzene rings is 1.